The number of ether oxygens (including phenoxy) is 3. The number of aromatic nitrogens is 2. The number of rotatable bonds is 10. The van der Waals surface area contributed by atoms with Crippen LogP contribution >= 0.6 is 0 Å². The van der Waals surface area contributed by atoms with Crippen molar-refractivity contribution in [1.29, 1.82) is 0 Å². The van der Waals surface area contributed by atoms with Crippen LogP contribution in [0, 0.1) is 5.82 Å². The van der Waals surface area contributed by atoms with E-state index in [4.69, 9.17) is 14.2 Å². The molecule has 0 aliphatic heterocycles. The van der Waals surface area contributed by atoms with E-state index in [1.807, 2.05) is 0 Å². The summed E-state index contributed by atoms with van der Waals surface area (Å²) < 4.78 is 28.2. The van der Waals surface area contributed by atoms with Crippen LogP contribution in [0.15, 0.2) is 36.5 Å². The molecule has 33 heavy (non-hydrogen) atoms. The van der Waals surface area contributed by atoms with Crippen LogP contribution in [-0.4, -0.2) is 67.5 Å². The molecule has 0 aliphatic carbocycles. The number of nitrogens with one attached hydrogen (secondary N) is 1. The highest BCUT2D eigenvalue weighted by molar-refractivity contribution is 6.08. The molecule has 10 heteroatoms. The summed E-state index contributed by atoms with van der Waals surface area (Å²) in [4.78, 5) is 33.7. The number of pyridine rings is 2. The number of carbonyl (C=O) groups excluding carboxylic acids is 2. The first-order valence-electron chi connectivity index (χ1n) is 10.1. The summed E-state index contributed by atoms with van der Waals surface area (Å²) >= 11 is 0. The average molecular weight is 457 g/mol. The summed E-state index contributed by atoms with van der Waals surface area (Å²) in [7, 11) is 2.95. The molecule has 0 atom stereocenters. The molecule has 0 unspecified atom stereocenters. The fraction of sp³-hybridized carbons (Fsp3) is 0.304. The molecule has 3 aromatic rings. The molecule has 0 spiro atoms. The average Bonchev–Trinajstić information content (AvgIpc) is 2.81. The fourth-order valence-electron chi connectivity index (χ4n) is 3.10. The minimum absolute atomic E-state index is 0.0164. The lowest BCUT2D eigenvalue weighted by Gasteiger charge is -2.13. The molecular weight excluding hydrogens is 433 g/mol. The second-order valence-corrected chi connectivity index (χ2v) is 7.08. The lowest BCUT2D eigenvalue weighted by molar-refractivity contribution is 0.0384. The number of aromatic hydroxyl groups is 1. The van der Waals surface area contributed by atoms with Crippen LogP contribution in [0.4, 0.5) is 4.39 Å². The topological polar surface area (TPSA) is 120 Å². The number of hydrogen-bond donors (Lipinski definition) is 2. The van der Waals surface area contributed by atoms with Gasteiger partial charge in [-0.25, -0.2) is 14.2 Å². The van der Waals surface area contributed by atoms with Crippen LogP contribution in [0.3, 0.4) is 0 Å². The predicted molar refractivity (Wildman–Crippen MR) is 117 cm³/mol. The van der Waals surface area contributed by atoms with Crippen molar-refractivity contribution in [2.75, 3.05) is 40.6 Å². The Morgan fingerprint density at radius 1 is 1.03 bits per heavy atom. The van der Waals surface area contributed by atoms with Gasteiger partial charge < -0.3 is 24.6 Å². The van der Waals surface area contributed by atoms with Gasteiger partial charge in [0.05, 0.1) is 13.2 Å². The quantitative estimate of drug-likeness (QED) is 0.351. The van der Waals surface area contributed by atoms with Crippen LogP contribution < -0.4 is 5.32 Å². The third kappa shape index (κ3) is 5.99. The number of halogens is 1. The van der Waals surface area contributed by atoms with Gasteiger partial charge in [-0.15, -0.1) is 0 Å². The molecular formula is C23H24FN3O6. The molecule has 174 valence electrons. The van der Waals surface area contributed by atoms with E-state index in [-0.39, 0.29) is 54.5 Å². The first kappa shape index (κ1) is 24.0. The van der Waals surface area contributed by atoms with Crippen molar-refractivity contribution in [3.05, 3.63) is 64.9 Å². The minimum atomic E-state index is -0.788. The highest BCUT2D eigenvalue weighted by Gasteiger charge is 2.24. The van der Waals surface area contributed by atoms with Crippen LogP contribution in [0.5, 0.6) is 5.75 Å². The summed E-state index contributed by atoms with van der Waals surface area (Å²) in [5.41, 5.74) is 1.04. The Bertz CT molecular complexity index is 1140. The normalized spacial score (nSPS) is 10.9. The van der Waals surface area contributed by atoms with Crippen LogP contribution in [-0.2, 0) is 20.6 Å². The minimum Gasteiger partial charge on any atom is -0.504 e. The van der Waals surface area contributed by atoms with Gasteiger partial charge in [-0.2, -0.15) is 0 Å². The first-order valence-corrected chi connectivity index (χ1v) is 10.1. The van der Waals surface area contributed by atoms with E-state index in [2.05, 4.69) is 15.3 Å². The van der Waals surface area contributed by atoms with Crippen molar-refractivity contribution in [2.45, 2.75) is 6.42 Å². The Hall–Kier alpha value is -3.63. The molecule has 2 N–H and O–H groups in total. The van der Waals surface area contributed by atoms with E-state index in [1.165, 1.54) is 32.5 Å². The Morgan fingerprint density at radius 3 is 2.45 bits per heavy atom. The standard InChI is InChI=1S/C23H24FN3O6/c1-31-8-7-25-22(29)20-21(28)18-17(19(27-20)23(30)33-10-9-32-2)12-15(13-26-18)11-14-3-5-16(24)6-4-14/h3-6,12-13,28H,7-11H2,1-2H3,(H,25,29). The monoisotopic (exact) mass is 457 g/mol. The molecule has 1 aromatic carbocycles. The number of fused-ring (bicyclic) bond motifs is 1. The van der Waals surface area contributed by atoms with Crippen molar-refractivity contribution in [3.63, 3.8) is 0 Å². The zero-order valence-corrected chi connectivity index (χ0v) is 18.3. The van der Waals surface area contributed by atoms with E-state index in [1.54, 1.807) is 18.2 Å². The first-order chi connectivity index (χ1) is 15.9. The number of methoxy groups -OCH3 is 2. The number of carbonyl (C=O) groups is 2. The van der Waals surface area contributed by atoms with Crippen LogP contribution in [0.1, 0.15) is 32.1 Å². The number of hydrogen-bond acceptors (Lipinski definition) is 8. The van der Waals surface area contributed by atoms with E-state index >= 15 is 0 Å². The Kier molecular flexibility index (Phi) is 8.22. The Labute approximate surface area is 189 Å². The lowest BCUT2D eigenvalue weighted by atomic mass is 10.0. The van der Waals surface area contributed by atoms with Gasteiger partial charge in [-0.05, 0) is 35.7 Å². The van der Waals surface area contributed by atoms with Crippen molar-refractivity contribution in [3.8, 4) is 5.75 Å². The maximum atomic E-state index is 13.2. The van der Waals surface area contributed by atoms with Gasteiger partial charge in [0.1, 0.15) is 17.9 Å². The summed E-state index contributed by atoms with van der Waals surface area (Å²) in [5, 5.41) is 13.5. The van der Waals surface area contributed by atoms with Crippen molar-refractivity contribution in [2.24, 2.45) is 0 Å². The van der Waals surface area contributed by atoms with E-state index in [0.29, 0.717) is 12.0 Å². The predicted octanol–water partition coefficient (Wildman–Crippen LogP) is 2.24. The molecule has 9 nitrogen and oxygen atoms in total. The fourth-order valence-corrected chi connectivity index (χ4v) is 3.10. The lowest BCUT2D eigenvalue weighted by Crippen LogP contribution is -2.28. The third-order valence-corrected chi connectivity index (χ3v) is 4.71. The van der Waals surface area contributed by atoms with Gasteiger partial charge in [-0.3, -0.25) is 9.78 Å². The third-order valence-electron chi connectivity index (χ3n) is 4.71. The SMILES string of the molecule is COCCNC(=O)c1nc(C(=O)OCCOC)c2cc(Cc3ccc(F)cc3)cnc2c1O. The second kappa shape index (κ2) is 11.3. The highest BCUT2D eigenvalue weighted by Crippen LogP contribution is 2.29. The van der Waals surface area contributed by atoms with Gasteiger partial charge in [0, 0.05) is 32.3 Å². The molecule has 1 amide bonds. The summed E-state index contributed by atoms with van der Waals surface area (Å²) in [5.74, 6) is -2.28. The van der Waals surface area contributed by atoms with Crippen LogP contribution in [0.2, 0.25) is 0 Å². The summed E-state index contributed by atoms with van der Waals surface area (Å²) in [6.07, 6.45) is 1.92. The zero-order valence-electron chi connectivity index (χ0n) is 18.3. The van der Waals surface area contributed by atoms with E-state index in [0.717, 1.165) is 5.56 Å². The molecule has 0 bridgehead atoms. The maximum Gasteiger partial charge on any atom is 0.357 e. The molecule has 2 heterocycles. The largest absolute Gasteiger partial charge is 0.504 e. The molecule has 0 aliphatic rings. The molecule has 0 saturated heterocycles. The molecule has 0 saturated carbocycles. The Morgan fingerprint density at radius 2 is 1.76 bits per heavy atom. The summed E-state index contributed by atoms with van der Waals surface area (Å²) in [6.45, 7) is 0.612. The van der Waals surface area contributed by atoms with Crippen LogP contribution in [0.25, 0.3) is 10.9 Å². The van der Waals surface area contributed by atoms with E-state index < -0.39 is 17.6 Å². The van der Waals surface area contributed by atoms with Crippen molar-refractivity contribution < 1.29 is 33.3 Å². The van der Waals surface area contributed by atoms with Crippen molar-refractivity contribution >= 4 is 22.8 Å². The Balaban J connectivity index is 2.02. The molecule has 2 aromatic heterocycles. The van der Waals surface area contributed by atoms with E-state index in [9.17, 15) is 19.1 Å². The number of benzene rings is 1. The summed E-state index contributed by atoms with van der Waals surface area (Å²) in [6, 6.07) is 7.62. The van der Waals surface area contributed by atoms with Gasteiger partial charge in [0.25, 0.3) is 5.91 Å². The van der Waals surface area contributed by atoms with Crippen molar-refractivity contribution in [1.82, 2.24) is 15.3 Å². The van der Waals surface area contributed by atoms with Gasteiger partial charge >= 0.3 is 5.97 Å². The van der Waals surface area contributed by atoms with Gasteiger partial charge in [0.15, 0.2) is 17.1 Å². The highest BCUT2D eigenvalue weighted by atomic mass is 19.1. The van der Waals surface area contributed by atoms with Gasteiger partial charge in [-0.1, -0.05) is 12.1 Å². The smallest absolute Gasteiger partial charge is 0.357 e. The molecule has 3 rings (SSSR count). The molecule has 0 fully saturated rings. The van der Waals surface area contributed by atoms with Gasteiger partial charge in [0.2, 0.25) is 0 Å². The zero-order chi connectivity index (χ0) is 23.8. The number of esters is 1. The number of nitrogens with zero attached hydrogens (tertiary/aromatic N) is 2. The molecule has 0 radical (unpaired) electrons. The second-order valence-electron chi connectivity index (χ2n) is 7.08. The number of amides is 1. The maximum absolute atomic E-state index is 13.2.